The summed E-state index contributed by atoms with van der Waals surface area (Å²) in [5.41, 5.74) is 2.51. The molecular formula is C14H21NO2. The third kappa shape index (κ3) is 4.19. The summed E-state index contributed by atoms with van der Waals surface area (Å²) in [5.74, 6) is -0.197. The van der Waals surface area contributed by atoms with E-state index >= 15 is 0 Å². The molecule has 0 fully saturated rings. The van der Waals surface area contributed by atoms with Gasteiger partial charge in [0, 0.05) is 6.54 Å². The molecule has 1 aromatic carbocycles. The van der Waals surface area contributed by atoms with Crippen molar-refractivity contribution in [3.05, 3.63) is 35.4 Å². The van der Waals surface area contributed by atoms with Crippen molar-refractivity contribution < 1.29 is 9.53 Å². The first-order valence-electron chi connectivity index (χ1n) is 6.10. The zero-order valence-corrected chi connectivity index (χ0v) is 10.8. The molecule has 0 aliphatic carbocycles. The fourth-order valence-corrected chi connectivity index (χ4v) is 1.67. The molecular weight excluding hydrogens is 214 g/mol. The Hall–Kier alpha value is -1.35. The predicted molar refractivity (Wildman–Crippen MR) is 68.8 cm³/mol. The molecule has 0 aromatic heterocycles. The van der Waals surface area contributed by atoms with Crippen molar-refractivity contribution in [1.29, 1.82) is 0 Å². The summed E-state index contributed by atoms with van der Waals surface area (Å²) in [6, 6.07) is 8.21. The van der Waals surface area contributed by atoms with Gasteiger partial charge in [-0.2, -0.15) is 0 Å². The number of rotatable bonds is 6. The van der Waals surface area contributed by atoms with Crippen molar-refractivity contribution in [1.82, 2.24) is 5.32 Å². The zero-order chi connectivity index (χ0) is 12.7. The van der Waals surface area contributed by atoms with Crippen LogP contribution >= 0.6 is 0 Å². The largest absolute Gasteiger partial charge is 0.468 e. The summed E-state index contributed by atoms with van der Waals surface area (Å²) in [6.07, 6.45) is 1.78. The van der Waals surface area contributed by atoms with E-state index in [9.17, 15) is 4.79 Å². The maximum atomic E-state index is 11.4. The minimum absolute atomic E-state index is 0.197. The van der Waals surface area contributed by atoms with Gasteiger partial charge >= 0.3 is 5.97 Å². The van der Waals surface area contributed by atoms with Crippen LogP contribution < -0.4 is 5.32 Å². The molecule has 1 atom stereocenters. The topological polar surface area (TPSA) is 38.3 Å². The van der Waals surface area contributed by atoms with Crippen LogP contribution in [0.25, 0.3) is 0 Å². The Morgan fingerprint density at radius 1 is 1.24 bits per heavy atom. The number of carbonyl (C=O) groups excluding carboxylic acids is 1. The van der Waals surface area contributed by atoms with Crippen LogP contribution in [0.1, 0.15) is 31.4 Å². The van der Waals surface area contributed by atoms with Gasteiger partial charge in [0.2, 0.25) is 0 Å². The summed E-state index contributed by atoms with van der Waals surface area (Å²) in [6.45, 7) is 4.80. The SMILES string of the molecule is CCc1ccc(CNC(CC)C(=O)OC)cc1. The lowest BCUT2D eigenvalue weighted by Crippen LogP contribution is -2.36. The highest BCUT2D eigenvalue weighted by atomic mass is 16.5. The Balaban J connectivity index is 2.50. The Kier molecular flexibility index (Phi) is 5.70. The number of hydrogen-bond acceptors (Lipinski definition) is 3. The van der Waals surface area contributed by atoms with Gasteiger partial charge in [0.1, 0.15) is 6.04 Å². The molecule has 0 radical (unpaired) electrons. The summed E-state index contributed by atoms with van der Waals surface area (Å²) in [5, 5.41) is 3.20. The Labute approximate surface area is 103 Å². The van der Waals surface area contributed by atoms with Crippen LogP contribution in [-0.2, 0) is 22.5 Å². The van der Waals surface area contributed by atoms with Crippen LogP contribution in [0.3, 0.4) is 0 Å². The van der Waals surface area contributed by atoms with E-state index in [2.05, 4.69) is 36.5 Å². The number of aryl methyl sites for hydroxylation is 1. The van der Waals surface area contributed by atoms with Crippen LogP contribution in [-0.4, -0.2) is 19.1 Å². The van der Waals surface area contributed by atoms with Crippen molar-refractivity contribution in [2.75, 3.05) is 7.11 Å². The smallest absolute Gasteiger partial charge is 0.322 e. The Bertz CT molecular complexity index is 346. The van der Waals surface area contributed by atoms with Gasteiger partial charge in [0.05, 0.1) is 7.11 Å². The third-order valence-electron chi connectivity index (χ3n) is 2.88. The lowest BCUT2D eigenvalue weighted by molar-refractivity contribution is -0.143. The fourth-order valence-electron chi connectivity index (χ4n) is 1.67. The van der Waals surface area contributed by atoms with E-state index < -0.39 is 0 Å². The quantitative estimate of drug-likeness (QED) is 0.769. The van der Waals surface area contributed by atoms with Gasteiger partial charge in [-0.1, -0.05) is 38.1 Å². The average Bonchev–Trinajstić information content (AvgIpc) is 2.39. The molecule has 0 aliphatic rings. The molecule has 1 N–H and O–H groups in total. The minimum Gasteiger partial charge on any atom is -0.468 e. The highest BCUT2D eigenvalue weighted by Gasteiger charge is 2.15. The van der Waals surface area contributed by atoms with Crippen LogP contribution in [0.4, 0.5) is 0 Å². The van der Waals surface area contributed by atoms with Crippen molar-refractivity contribution in [2.45, 2.75) is 39.3 Å². The number of carbonyl (C=O) groups is 1. The maximum Gasteiger partial charge on any atom is 0.322 e. The van der Waals surface area contributed by atoms with Gasteiger partial charge in [-0.25, -0.2) is 0 Å². The molecule has 3 nitrogen and oxygen atoms in total. The maximum absolute atomic E-state index is 11.4. The van der Waals surface area contributed by atoms with E-state index in [1.165, 1.54) is 18.2 Å². The van der Waals surface area contributed by atoms with Crippen molar-refractivity contribution >= 4 is 5.97 Å². The van der Waals surface area contributed by atoms with E-state index in [1.54, 1.807) is 0 Å². The number of esters is 1. The first kappa shape index (κ1) is 13.7. The number of nitrogens with one attached hydrogen (secondary N) is 1. The molecule has 0 saturated carbocycles. The number of hydrogen-bond donors (Lipinski definition) is 1. The molecule has 0 saturated heterocycles. The lowest BCUT2D eigenvalue weighted by Gasteiger charge is -2.14. The highest BCUT2D eigenvalue weighted by Crippen LogP contribution is 2.05. The van der Waals surface area contributed by atoms with Crippen LogP contribution in [0.2, 0.25) is 0 Å². The summed E-state index contributed by atoms with van der Waals surface area (Å²) < 4.78 is 4.73. The molecule has 0 heterocycles. The molecule has 1 aromatic rings. The highest BCUT2D eigenvalue weighted by molar-refractivity contribution is 5.75. The van der Waals surface area contributed by atoms with Crippen molar-refractivity contribution in [2.24, 2.45) is 0 Å². The second-order valence-electron chi connectivity index (χ2n) is 4.03. The van der Waals surface area contributed by atoms with E-state index in [0.29, 0.717) is 6.54 Å². The molecule has 94 valence electrons. The predicted octanol–water partition coefficient (Wildman–Crippen LogP) is 2.29. The van der Waals surface area contributed by atoms with E-state index in [-0.39, 0.29) is 12.0 Å². The Morgan fingerprint density at radius 2 is 1.82 bits per heavy atom. The van der Waals surface area contributed by atoms with E-state index in [4.69, 9.17) is 4.74 Å². The summed E-state index contributed by atoms with van der Waals surface area (Å²) >= 11 is 0. The van der Waals surface area contributed by atoms with Crippen molar-refractivity contribution in [3.63, 3.8) is 0 Å². The molecule has 3 heteroatoms. The average molecular weight is 235 g/mol. The molecule has 0 bridgehead atoms. The lowest BCUT2D eigenvalue weighted by atomic mass is 10.1. The molecule has 1 rings (SSSR count). The van der Waals surface area contributed by atoms with Gasteiger partial charge in [-0.05, 0) is 24.0 Å². The van der Waals surface area contributed by atoms with Gasteiger partial charge in [0.15, 0.2) is 0 Å². The van der Waals surface area contributed by atoms with Crippen LogP contribution in [0, 0.1) is 0 Å². The molecule has 0 amide bonds. The number of methoxy groups -OCH3 is 1. The van der Waals surface area contributed by atoms with Crippen LogP contribution in [0.5, 0.6) is 0 Å². The second kappa shape index (κ2) is 7.07. The molecule has 0 aliphatic heterocycles. The standard InChI is InChI=1S/C14H21NO2/c1-4-11-6-8-12(9-7-11)10-15-13(5-2)14(16)17-3/h6-9,13,15H,4-5,10H2,1-3H3. The first-order valence-corrected chi connectivity index (χ1v) is 6.10. The van der Waals surface area contributed by atoms with Gasteiger partial charge in [0.25, 0.3) is 0 Å². The van der Waals surface area contributed by atoms with Gasteiger partial charge in [-0.3, -0.25) is 4.79 Å². The summed E-state index contributed by atoms with van der Waals surface area (Å²) in [7, 11) is 1.42. The summed E-state index contributed by atoms with van der Waals surface area (Å²) in [4.78, 5) is 11.4. The van der Waals surface area contributed by atoms with E-state index in [0.717, 1.165) is 12.8 Å². The Morgan fingerprint density at radius 3 is 2.29 bits per heavy atom. The number of ether oxygens (including phenoxy) is 1. The van der Waals surface area contributed by atoms with E-state index in [1.807, 2.05) is 6.92 Å². The molecule has 17 heavy (non-hydrogen) atoms. The third-order valence-corrected chi connectivity index (χ3v) is 2.88. The second-order valence-corrected chi connectivity index (χ2v) is 4.03. The minimum atomic E-state index is -0.217. The fraction of sp³-hybridized carbons (Fsp3) is 0.500. The normalized spacial score (nSPS) is 12.2. The van der Waals surface area contributed by atoms with Crippen molar-refractivity contribution in [3.8, 4) is 0 Å². The molecule has 0 spiro atoms. The molecule has 1 unspecified atom stereocenters. The first-order chi connectivity index (χ1) is 8.21. The van der Waals surface area contributed by atoms with Crippen LogP contribution in [0.15, 0.2) is 24.3 Å². The number of benzene rings is 1. The van der Waals surface area contributed by atoms with Gasteiger partial charge in [-0.15, -0.1) is 0 Å². The van der Waals surface area contributed by atoms with Gasteiger partial charge < -0.3 is 10.1 Å². The monoisotopic (exact) mass is 235 g/mol. The zero-order valence-electron chi connectivity index (χ0n) is 10.8.